The predicted octanol–water partition coefficient (Wildman–Crippen LogP) is 3.02. The SMILES string of the molecule is COC(=O)/C=C/c1cn2ncnc(Oc3ccccc3)c2c1C. The predicted molar refractivity (Wildman–Crippen MR) is 85.3 cm³/mol. The van der Waals surface area contributed by atoms with Crippen LogP contribution in [-0.2, 0) is 9.53 Å². The third-order valence-electron chi connectivity index (χ3n) is 3.39. The maximum Gasteiger partial charge on any atom is 0.330 e. The number of benzene rings is 1. The van der Waals surface area contributed by atoms with Gasteiger partial charge in [-0.05, 0) is 36.3 Å². The van der Waals surface area contributed by atoms with Crippen molar-refractivity contribution in [2.24, 2.45) is 0 Å². The van der Waals surface area contributed by atoms with Crippen molar-refractivity contribution in [1.82, 2.24) is 14.6 Å². The average molecular weight is 309 g/mol. The Morgan fingerprint density at radius 2 is 2.04 bits per heavy atom. The molecule has 6 nitrogen and oxygen atoms in total. The number of esters is 1. The molecule has 0 aliphatic heterocycles. The van der Waals surface area contributed by atoms with Crippen LogP contribution in [0.1, 0.15) is 11.1 Å². The number of aryl methyl sites for hydroxylation is 1. The Balaban J connectivity index is 2.02. The van der Waals surface area contributed by atoms with Crippen molar-refractivity contribution in [2.75, 3.05) is 7.11 Å². The van der Waals surface area contributed by atoms with Gasteiger partial charge >= 0.3 is 5.97 Å². The van der Waals surface area contributed by atoms with Crippen LogP contribution in [0.2, 0.25) is 0 Å². The first-order chi connectivity index (χ1) is 11.2. The molecule has 23 heavy (non-hydrogen) atoms. The molecule has 6 heteroatoms. The minimum absolute atomic E-state index is 0.411. The Labute approximate surface area is 133 Å². The highest BCUT2D eigenvalue weighted by atomic mass is 16.5. The highest BCUT2D eigenvalue weighted by molar-refractivity contribution is 5.88. The van der Waals surface area contributed by atoms with Gasteiger partial charge in [0.1, 0.15) is 17.6 Å². The molecular weight excluding hydrogens is 294 g/mol. The van der Waals surface area contributed by atoms with Crippen molar-refractivity contribution in [3.05, 3.63) is 60.1 Å². The minimum atomic E-state index is -0.411. The summed E-state index contributed by atoms with van der Waals surface area (Å²) in [5.74, 6) is 0.744. The molecule has 0 N–H and O–H groups in total. The molecule has 0 radical (unpaired) electrons. The van der Waals surface area contributed by atoms with Crippen molar-refractivity contribution < 1.29 is 14.3 Å². The van der Waals surface area contributed by atoms with Gasteiger partial charge in [-0.3, -0.25) is 0 Å². The van der Waals surface area contributed by atoms with Gasteiger partial charge in [0, 0.05) is 12.3 Å². The summed E-state index contributed by atoms with van der Waals surface area (Å²) in [5, 5.41) is 4.19. The normalized spacial score (nSPS) is 11.0. The van der Waals surface area contributed by atoms with Gasteiger partial charge in [0.25, 0.3) is 0 Å². The molecule has 0 saturated heterocycles. The van der Waals surface area contributed by atoms with E-state index in [2.05, 4.69) is 14.8 Å². The maximum atomic E-state index is 11.3. The van der Waals surface area contributed by atoms with E-state index in [4.69, 9.17) is 4.74 Å². The Morgan fingerprint density at radius 3 is 2.78 bits per heavy atom. The molecule has 3 aromatic rings. The van der Waals surface area contributed by atoms with Crippen LogP contribution in [0.3, 0.4) is 0 Å². The Morgan fingerprint density at radius 1 is 1.26 bits per heavy atom. The molecule has 3 rings (SSSR count). The summed E-state index contributed by atoms with van der Waals surface area (Å²) in [5.41, 5.74) is 2.51. The first-order valence-corrected chi connectivity index (χ1v) is 7.01. The summed E-state index contributed by atoms with van der Waals surface area (Å²) in [6.07, 6.45) is 6.29. The van der Waals surface area contributed by atoms with Gasteiger partial charge in [0.15, 0.2) is 0 Å². The number of aromatic nitrogens is 3. The van der Waals surface area contributed by atoms with E-state index < -0.39 is 5.97 Å². The van der Waals surface area contributed by atoms with Gasteiger partial charge in [-0.2, -0.15) is 10.1 Å². The zero-order chi connectivity index (χ0) is 16.2. The van der Waals surface area contributed by atoms with Crippen molar-refractivity contribution in [3.63, 3.8) is 0 Å². The second kappa shape index (κ2) is 6.31. The first kappa shape index (κ1) is 14.8. The number of carbonyl (C=O) groups excluding carboxylic acids is 1. The van der Waals surface area contributed by atoms with Crippen LogP contribution >= 0.6 is 0 Å². The lowest BCUT2D eigenvalue weighted by molar-refractivity contribution is -0.134. The summed E-state index contributed by atoms with van der Waals surface area (Å²) >= 11 is 0. The van der Waals surface area contributed by atoms with Gasteiger partial charge in [-0.1, -0.05) is 18.2 Å². The van der Waals surface area contributed by atoms with E-state index >= 15 is 0 Å². The molecule has 1 aromatic carbocycles. The molecule has 0 aliphatic rings. The Kier molecular flexibility index (Phi) is 4.05. The molecule has 116 valence electrons. The van der Waals surface area contributed by atoms with Crippen molar-refractivity contribution in [1.29, 1.82) is 0 Å². The third-order valence-corrected chi connectivity index (χ3v) is 3.39. The molecule has 0 atom stereocenters. The number of methoxy groups -OCH3 is 1. The van der Waals surface area contributed by atoms with Crippen LogP contribution in [0.4, 0.5) is 0 Å². The van der Waals surface area contributed by atoms with Crippen LogP contribution in [0, 0.1) is 6.92 Å². The monoisotopic (exact) mass is 309 g/mol. The highest BCUT2D eigenvalue weighted by Gasteiger charge is 2.13. The second-order valence-electron chi connectivity index (χ2n) is 4.84. The van der Waals surface area contributed by atoms with Crippen LogP contribution in [0.25, 0.3) is 11.6 Å². The van der Waals surface area contributed by atoms with Gasteiger partial charge in [0.05, 0.1) is 7.11 Å². The van der Waals surface area contributed by atoms with E-state index in [1.165, 1.54) is 19.5 Å². The summed E-state index contributed by atoms with van der Waals surface area (Å²) in [4.78, 5) is 15.5. The fourth-order valence-electron chi connectivity index (χ4n) is 2.21. The smallest absolute Gasteiger partial charge is 0.330 e. The van der Waals surface area contributed by atoms with Crippen LogP contribution in [-0.4, -0.2) is 27.7 Å². The highest BCUT2D eigenvalue weighted by Crippen LogP contribution is 2.28. The lowest BCUT2D eigenvalue weighted by atomic mass is 10.2. The lowest BCUT2D eigenvalue weighted by Gasteiger charge is -2.06. The zero-order valence-corrected chi connectivity index (χ0v) is 12.8. The van der Waals surface area contributed by atoms with Crippen LogP contribution in [0.15, 0.2) is 48.9 Å². The quantitative estimate of drug-likeness (QED) is 0.547. The maximum absolute atomic E-state index is 11.3. The fourth-order valence-corrected chi connectivity index (χ4v) is 2.21. The number of ether oxygens (including phenoxy) is 2. The van der Waals surface area contributed by atoms with Gasteiger partial charge in [-0.15, -0.1) is 0 Å². The van der Waals surface area contributed by atoms with E-state index in [0.29, 0.717) is 11.6 Å². The first-order valence-electron chi connectivity index (χ1n) is 7.01. The van der Waals surface area contributed by atoms with Gasteiger partial charge < -0.3 is 9.47 Å². The van der Waals surface area contributed by atoms with Crippen LogP contribution in [0.5, 0.6) is 11.6 Å². The van der Waals surface area contributed by atoms with Crippen molar-refractivity contribution >= 4 is 17.6 Å². The number of para-hydroxylation sites is 1. The summed E-state index contributed by atoms with van der Waals surface area (Å²) in [7, 11) is 1.34. The average Bonchev–Trinajstić information content (AvgIpc) is 2.91. The molecule has 2 aromatic heterocycles. The molecule has 0 spiro atoms. The molecular formula is C17H15N3O3. The molecule has 0 saturated carbocycles. The summed E-state index contributed by atoms with van der Waals surface area (Å²) in [6, 6.07) is 9.41. The number of nitrogens with zero attached hydrogens (tertiary/aromatic N) is 3. The number of carbonyl (C=O) groups is 1. The zero-order valence-electron chi connectivity index (χ0n) is 12.8. The van der Waals surface area contributed by atoms with Crippen molar-refractivity contribution in [2.45, 2.75) is 6.92 Å². The van der Waals surface area contributed by atoms with E-state index in [1.807, 2.05) is 43.5 Å². The summed E-state index contributed by atoms with van der Waals surface area (Å²) in [6.45, 7) is 1.92. The molecule has 0 aliphatic carbocycles. The Hall–Kier alpha value is -3.15. The van der Waals surface area contributed by atoms with Crippen LogP contribution < -0.4 is 4.74 Å². The second-order valence-corrected chi connectivity index (χ2v) is 4.84. The number of hydrogen-bond donors (Lipinski definition) is 0. The minimum Gasteiger partial charge on any atom is -0.466 e. The van der Waals surface area contributed by atoms with E-state index in [1.54, 1.807) is 10.6 Å². The van der Waals surface area contributed by atoms with Gasteiger partial charge in [0.2, 0.25) is 5.88 Å². The number of hydrogen-bond acceptors (Lipinski definition) is 5. The topological polar surface area (TPSA) is 65.7 Å². The Bertz CT molecular complexity index is 869. The third kappa shape index (κ3) is 3.06. The standard InChI is InChI=1S/C17H15N3O3/c1-12-13(8-9-15(21)22-2)10-20-16(12)17(18-11-19-20)23-14-6-4-3-5-7-14/h3-11H,1-2H3/b9-8+. The number of fused-ring (bicyclic) bond motifs is 1. The van der Waals surface area contributed by atoms with E-state index in [9.17, 15) is 4.79 Å². The molecule has 0 bridgehead atoms. The molecule has 2 heterocycles. The summed E-state index contributed by atoms with van der Waals surface area (Å²) < 4.78 is 12.1. The molecule has 0 fully saturated rings. The largest absolute Gasteiger partial charge is 0.466 e. The molecule has 0 unspecified atom stereocenters. The number of rotatable bonds is 4. The lowest BCUT2D eigenvalue weighted by Crippen LogP contribution is -1.96. The van der Waals surface area contributed by atoms with E-state index in [-0.39, 0.29) is 0 Å². The van der Waals surface area contributed by atoms with Gasteiger partial charge in [-0.25, -0.2) is 9.31 Å². The van der Waals surface area contributed by atoms with Crippen molar-refractivity contribution in [3.8, 4) is 11.6 Å². The van der Waals surface area contributed by atoms with E-state index in [0.717, 1.165) is 16.6 Å². The fraction of sp³-hybridized carbons (Fsp3) is 0.118. The molecule has 0 amide bonds.